The second-order valence-electron chi connectivity index (χ2n) is 6.05. The van der Waals surface area contributed by atoms with E-state index in [9.17, 15) is 9.18 Å². The van der Waals surface area contributed by atoms with Crippen LogP contribution in [0.5, 0.6) is 0 Å². The number of nitrogens with zero attached hydrogens (tertiary/aromatic N) is 1. The molecular weight excluding hydrogens is 349 g/mol. The number of thiazole rings is 1. The summed E-state index contributed by atoms with van der Waals surface area (Å²) in [6, 6.07) is 6.64. The van der Waals surface area contributed by atoms with Crippen LogP contribution in [-0.4, -0.2) is 16.9 Å². The minimum absolute atomic E-state index is 0. The van der Waals surface area contributed by atoms with Gasteiger partial charge >= 0.3 is 0 Å². The van der Waals surface area contributed by atoms with Gasteiger partial charge in [-0.1, -0.05) is 18.6 Å². The van der Waals surface area contributed by atoms with Gasteiger partial charge in [0.2, 0.25) is 5.91 Å². The lowest BCUT2D eigenvalue weighted by molar-refractivity contribution is -0.120. The van der Waals surface area contributed by atoms with Gasteiger partial charge in [-0.15, -0.1) is 23.7 Å². The number of nitrogens with two attached hydrogens (primary N) is 1. The molecule has 0 aliphatic heterocycles. The van der Waals surface area contributed by atoms with Gasteiger partial charge in [-0.05, 0) is 37.0 Å². The second-order valence-corrected chi connectivity index (χ2v) is 7.17. The molecule has 7 heteroatoms. The zero-order valence-corrected chi connectivity index (χ0v) is 14.8. The highest BCUT2D eigenvalue weighted by Crippen LogP contribution is 2.26. The number of hydrogen-bond donors (Lipinski definition) is 2. The zero-order chi connectivity index (χ0) is 16.2. The number of halogens is 2. The third-order valence-electron chi connectivity index (χ3n) is 4.14. The monoisotopic (exact) mass is 369 g/mol. The highest BCUT2D eigenvalue weighted by Gasteiger charge is 2.25. The second kappa shape index (κ2) is 8.55. The summed E-state index contributed by atoms with van der Waals surface area (Å²) in [6.07, 6.45) is 5.98. The fourth-order valence-electron chi connectivity index (χ4n) is 2.97. The molecule has 1 aliphatic carbocycles. The molecule has 0 spiro atoms. The van der Waals surface area contributed by atoms with Crippen molar-refractivity contribution in [3.8, 4) is 0 Å². The van der Waals surface area contributed by atoms with Gasteiger partial charge in [0, 0.05) is 29.5 Å². The van der Waals surface area contributed by atoms with E-state index in [1.165, 1.54) is 23.5 Å². The van der Waals surface area contributed by atoms with Gasteiger partial charge in [0.05, 0.1) is 0 Å². The smallest absolute Gasteiger partial charge is 0.229 e. The number of anilines is 1. The van der Waals surface area contributed by atoms with Crippen LogP contribution < -0.4 is 11.1 Å². The Hall–Kier alpha value is -1.50. The Labute approximate surface area is 151 Å². The molecule has 1 aromatic carbocycles. The van der Waals surface area contributed by atoms with Crippen LogP contribution in [0, 0.1) is 11.7 Å². The Morgan fingerprint density at radius 2 is 2.25 bits per heavy atom. The summed E-state index contributed by atoms with van der Waals surface area (Å²) in [5, 5.41) is 3.49. The van der Waals surface area contributed by atoms with E-state index in [2.05, 4.69) is 10.3 Å². The summed E-state index contributed by atoms with van der Waals surface area (Å²) < 4.78 is 13.2. The van der Waals surface area contributed by atoms with Crippen molar-refractivity contribution in [1.82, 2.24) is 4.98 Å². The lowest BCUT2D eigenvalue weighted by Gasteiger charge is -2.25. The maximum atomic E-state index is 13.2. The van der Waals surface area contributed by atoms with Gasteiger partial charge in [0.15, 0.2) is 5.13 Å². The maximum absolute atomic E-state index is 13.2. The van der Waals surface area contributed by atoms with E-state index >= 15 is 0 Å². The van der Waals surface area contributed by atoms with Crippen LogP contribution >= 0.6 is 23.7 Å². The summed E-state index contributed by atoms with van der Waals surface area (Å²) in [4.78, 5) is 17.5. The molecule has 1 fully saturated rings. The normalized spacial score (nSPS) is 20.2. The lowest BCUT2D eigenvalue weighted by Crippen LogP contribution is -2.34. The van der Waals surface area contributed by atoms with Crippen molar-refractivity contribution < 1.29 is 9.18 Å². The molecule has 3 rings (SSSR count). The molecule has 1 aliphatic rings. The Morgan fingerprint density at radius 1 is 1.42 bits per heavy atom. The first-order chi connectivity index (χ1) is 11.1. The highest BCUT2D eigenvalue weighted by molar-refractivity contribution is 7.15. The number of carbonyl (C=O) groups excluding carboxylic acids is 1. The number of nitrogens with one attached hydrogen (secondary N) is 1. The molecule has 1 amide bonds. The molecule has 4 nitrogen and oxygen atoms in total. The Bertz CT molecular complexity index is 694. The third-order valence-corrected chi connectivity index (χ3v) is 5.05. The number of amides is 1. The van der Waals surface area contributed by atoms with Crippen LogP contribution in [0.4, 0.5) is 9.52 Å². The molecular formula is C17H21ClFN3OS. The third kappa shape index (κ3) is 5.00. The van der Waals surface area contributed by atoms with Crippen molar-refractivity contribution in [3.63, 3.8) is 0 Å². The molecule has 2 aromatic rings. The van der Waals surface area contributed by atoms with E-state index in [4.69, 9.17) is 5.73 Å². The first-order valence-corrected chi connectivity index (χ1v) is 8.67. The van der Waals surface area contributed by atoms with Crippen LogP contribution in [0.3, 0.4) is 0 Å². The number of aromatic nitrogens is 1. The zero-order valence-electron chi connectivity index (χ0n) is 13.2. The fourth-order valence-corrected chi connectivity index (χ4v) is 3.82. The highest BCUT2D eigenvalue weighted by atomic mass is 35.5. The molecule has 2 unspecified atom stereocenters. The first-order valence-electron chi connectivity index (χ1n) is 7.86. The number of carbonyl (C=O) groups is 1. The van der Waals surface area contributed by atoms with Crippen molar-refractivity contribution >= 4 is 34.8 Å². The molecule has 0 radical (unpaired) electrons. The largest absolute Gasteiger partial charge is 0.328 e. The van der Waals surface area contributed by atoms with Crippen molar-refractivity contribution in [2.75, 3.05) is 5.32 Å². The van der Waals surface area contributed by atoms with Crippen molar-refractivity contribution in [1.29, 1.82) is 0 Å². The van der Waals surface area contributed by atoms with Gasteiger partial charge in [0.25, 0.3) is 0 Å². The lowest BCUT2D eigenvalue weighted by atomic mass is 9.86. The molecule has 3 N–H and O–H groups in total. The Kier molecular flexibility index (Phi) is 6.71. The van der Waals surface area contributed by atoms with Gasteiger partial charge in [-0.2, -0.15) is 0 Å². The van der Waals surface area contributed by atoms with Crippen LogP contribution in [0.25, 0.3) is 0 Å². The Balaban J connectivity index is 0.00000208. The molecule has 1 aromatic heterocycles. The summed E-state index contributed by atoms with van der Waals surface area (Å²) >= 11 is 1.43. The van der Waals surface area contributed by atoms with E-state index in [-0.39, 0.29) is 36.1 Å². The molecule has 1 saturated carbocycles. The van der Waals surface area contributed by atoms with Gasteiger partial charge in [0.1, 0.15) is 5.82 Å². The molecule has 24 heavy (non-hydrogen) atoms. The number of benzene rings is 1. The van der Waals surface area contributed by atoms with E-state index in [1.807, 2.05) is 6.07 Å². The van der Waals surface area contributed by atoms with E-state index < -0.39 is 0 Å². The summed E-state index contributed by atoms with van der Waals surface area (Å²) in [5.74, 6) is -0.254. The van der Waals surface area contributed by atoms with Crippen molar-refractivity contribution in [3.05, 3.63) is 46.7 Å². The van der Waals surface area contributed by atoms with Crippen LogP contribution in [0.2, 0.25) is 0 Å². The van der Waals surface area contributed by atoms with E-state index in [0.717, 1.165) is 36.1 Å². The quantitative estimate of drug-likeness (QED) is 0.862. The summed E-state index contributed by atoms with van der Waals surface area (Å²) in [6.45, 7) is 0. The molecule has 130 valence electrons. The SMILES string of the molecule is Cl.NC1CCCC(C(=O)Nc2ncc(Cc3cccc(F)c3)s2)C1. The molecule has 1 heterocycles. The van der Waals surface area contributed by atoms with Crippen LogP contribution in [0.15, 0.2) is 30.5 Å². The topological polar surface area (TPSA) is 68.0 Å². The number of hydrogen-bond acceptors (Lipinski definition) is 4. The minimum Gasteiger partial charge on any atom is -0.328 e. The van der Waals surface area contributed by atoms with Crippen molar-refractivity contribution in [2.24, 2.45) is 11.7 Å². The standard InChI is InChI=1S/C17H20FN3OS.ClH/c18-13-5-1-3-11(7-13)8-15-10-20-17(23-15)21-16(22)12-4-2-6-14(19)9-12;/h1,3,5,7,10,12,14H,2,4,6,8-9,19H2,(H,20,21,22);1H. The maximum Gasteiger partial charge on any atom is 0.229 e. The van der Waals surface area contributed by atoms with E-state index in [0.29, 0.717) is 11.6 Å². The van der Waals surface area contributed by atoms with Crippen LogP contribution in [-0.2, 0) is 11.2 Å². The predicted octanol–water partition coefficient (Wildman–Crippen LogP) is 3.75. The fraction of sp³-hybridized carbons (Fsp3) is 0.412. The average molecular weight is 370 g/mol. The molecule has 0 saturated heterocycles. The minimum atomic E-state index is -0.242. The van der Waals surface area contributed by atoms with Gasteiger partial charge in [-0.25, -0.2) is 9.37 Å². The van der Waals surface area contributed by atoms with E-state index in [1.54, 1.807) is 12.3 Å². The summed E-state index contributed by atoms with van der Waals surface area (Å²) in [7, 11) is 0. The van der Waals surface area contributed by atoms with Gasteiger partial charge < -0.3 is 11.1 Å². The van der Waals surface area contributed by atoms with Gasteiger partial charge in [-0.3, -0.25) is 4.79 Å². The van der Waals surface area contributed by atoms with Crippen molar-refractivity contribution in [2.45, 2.75) is 38.1 Å². The average Bonchev–Trinajstić information content (AvgIpc) is 2.94. The first kappa shape index (κ1) is 18.8. The molecule has 2 atom stereocenters. The summed E-state index contributed by atoms with van der Waals surface area (Å²) in [5.41, 5.74) is 6.83. The Morgan fingerprint density at radius 3 is 3.00 bits per heavy atom. The predicted molar refractivity (Wildman–Crippen MR) is 97.1 cm³/mol. The number of rotatable bonds is 4. The van der Waals surface area contributed by atoms with Crippen LogP contribution in [0.1, 0.15) is 36.1 Å². The molecule has 0 bridgehead atoms.